The third-order valence-electron chi connectivity index (χ3n) is 4.00. The van der Waals surface area contributed by atoms with Crippen molar-refractivity contribution in [3.05, 3.63) is 52.4 Å². The molecule has 120 valence electrons. The number of rotatable bonds is 5. The fraction of sp³-hybridized carbons (Fsp3) is 0.368. The molecular weight excluding hydrogens is 292 g/mol. The van der Waals surface area contributed by atoms with E-state index in [0.717, 1.165) is 31.1 Å². The Kier molecular flexibility index (Phi) is 4.60. The van der Waals surface area contributed by atoms with Crippen LogP contribution in [-0.2, 0) is 0 Å². The van der Waals surface area contributed by atoms with Gasteiger partial charge in [-0.25, -0.2) is 4.79 Å². The van der Waals surface area contributed by atoms with Gasteiger partial charge in [0.1, 0.15) is 17.4 Å². The topological polar surface area (TPSA) is 56.5 Å². The van der Waals surface area contributed by atoms with Crippen LogP contribution in [0, 0.1) is 0 Å². The first-order chi connectivity index (χ1) is 11.2. The lowest BCUT2D eigenvalue weighted by atomic mass is 10.0. The van der Waals surface area contributed by atoms with Crippen molar-refractivity contribution >= 4 is 16.8 Å². The van der Waals surface area contributed by atoms with Gasteiger partial charge in [-0.2, -0.15) is 0 Å². The number of fused-ring (bicyclic) bond motifs is 1. The fourth-order valence-corrected chi connectivity index (χ4v) is 2.87. The van der Waals surface area contributed by atoms with Gasteiger partial charge in [-0.3, -0.25) is 4.79 Å². The third kappa shape index (κ3) is 3.36. The predicted octanol–water partition coefficient (Wildman–Crippen LogP) is 4.26. The van der Waals surface area contributed by atoms with Gasteiger partial charge in [0.05, 0.1) is 0 Å². The molecule has 2 aromatic rings. The lowest BCUT2D eigenvalue weighted by molar-refractivity contribution is 0.0976. The number of ether oxygens (including phenoxy) is 1. The van der Waals surface area contributed by atoms with Gasteiger partial charge >= 0.3 is 5.63 Å². The first-order valence-electron chi connectivity index (χ1n) is 8.12. The summed E-state index contributed by atoms with van der Waals surface area (Å²) in [6.45, 7) is 1.95. The molecule has 1 aliphatic rings. The van der Waals surface area contributed by atoms with Gasteiger partial charge in [-0.15, -0.1) is 0 Å². The van der Waals surface area contributed by atoms with Crippen LogP contribution < -0.4 is 10.4 Å². The Labute approximate surface area is 134 Å². The van der Waals surface area contributed by atoms with Gasteiger partial charge in [0.2, 0.25) is 0 Å². The molecule has 1 heterocycles. The minimum atomic E-state index is -0.460. The zero-order chi connectivity index (χ0) is 16.2. The zero-order valence-corrected chi connectivity index (χ0v) is 13.2. The van der Waals surface area contributed by atoms with Crippen LogP contribution in [0.5, 0.6) is 5.75 Å². The summed E-state index contributed by atoms with van der Waals surface area (Å²) in [6, 6.07) is 6.66. The molecule has 0 spiro atoms. The van der Waals surface area contributed by atoms with E-state index in [0.29, 0.717) is 23.3 Å². The van der Waals surface area contributed by atoms with E-state index in [2.05, 4.69) is 6.08 Å². The van der Waals surface area contributed by atoms with Crippen LogP contribution in [-0.4, -0.2) is 11.9 Å². The molecule has 0 saturated heterocycles. The lowest BCUT2D eigenvalue weighted by Crippen LogP contribution is -2.17. The Balaban J connectivity index is 2.09. The molecule has 0 amide bonds. The van der Waals surface area contributed by atoms with Crippen LogP contribution in [0.3, 0.4) is 0 Å². The number of hydrogen-bond acceptors (Lipinski definition) is 4. The maximum atomic E-state index is 12.6. The van der Waals surface area contributed by atoms with Crippen LogP contribution >= 0.6 is 0 Å². The van der Waals surface area contributed by atoms with E-state index in [1.165, 1.54) is 6.07 Å². The minimum Gasteiger partial charge on any atom is -0.485 e. The van der Waals surface area contributed by atoms with Gasteiger partial charge < -0.3 is 9.15 Å². The second kappa shape index (κ2) is 6.82. The summed E-state index contributed by atoms with van der Waals surface area (Å²) in [4.78, 5) is 24.2. The quantitative estimate of drug-likeness (QED) is 0.470. The molecule has 0 fully saturated rings. The molecule has 1 atom stereocenters. The highest BCUT2D eigenvalue weighted by atomic mass is 16.5. The molecule has 23 heavy (non-hydrogen) atoms. The normalized spacial score (nSPS) is 17.3. The summed E-state index contributed by atoms with van der Waals surface area (Å²) in [5.41, 5.74) is 0.257. The van der Waals surface area contributed by atoms with Gasteiger partial charge in [0.25, 0.3) is 0 Å². The smallest absolute Gasteiger partial charge is 0.336 e. The molecule has 4 nitrogen and oxygen atoms in total. The predicted molar refractivity (Wildman–Crippen MR) is 89.1 cm³/mol. The van der Waals surface area contributed by atoms with Crippen molar-refractivity contribution in [1.82, 2.24) is 0 Å². The van der Waals surface area contributed by atoms with Crippen LogP contribution in [0.2, 0.25) is 0 Å². The molecule has 0 saturated carbocycles. The molecule has 1 aromatic heterocycles. The maximum absolute atomic E-state index is 12.6. The zero-order valence-electron chi connectivity index (χ0n) is 13.2. The number of carbonyl (C=O) groups is 1. The average molecular weight is 312 g/mol. The van der Waals surface area contributed by atoms with E-state index in [1.807, 2.05) is 19.1 Å². The van der Waals surface area contributed by atoms with Crippen LogP contribution in [0.4, 0.5) is 0 Å². The summed E-state index contributed by atoms with van der Waals surface area (Å²) in [5, 5.41) is 0.732. The molecule has 0 bridgehead atoms. The van der Waals surface area contributed by atoms with Crippen LogP contribution in [0.1, 0.15) is 49.4 Å². The standard InChI is InChI=1S/C19H20O4/c1-2-6-15(20)18-16(22-14-7-4-3-5-8-14)11-9-13-10-12-17(21)23-19(13)18/h4,7,9-12,14H,2-3,5-6,8H2,1H3. The first-order valence-corrected chi connectivity index (χ1v) is 8.12. The van der Waals surface area contributed by atoms with E-state index in [9.17, 15) is 9.59 Å². The first kappa shape index (κ1) is 15.5. The van der Waals surface area contributed by atoms with Gasteiger partial charge in [0.15, 0.2) is 11.4 Å². The number of allylic oxidation sites excluding steroid dienone is 1. The largest absolute Gasteiger partial charge is 0.485 e. The second-order valence-electron chi connectivity index (χ2n) is 5.80. The summed E-state index contributed by atoms with van der Waals surface area (Å²) in [5.74, 6) is 0.448. The van der Waals surface area contributed by atoms with Crippen LogP contribution in [0.25, 0.3) is 11.0 Å². The Morgan fingerprint density at radius 2 is 2.13 bits per heavy atom. The Hall–Kier alpha value is -2.36. The van der Waals surface area contributed by atoms with E-state index in [4.69, 9.17) is 9.15 Å². The fourth-order valence-electron chi connectivity index (χ4n) is 2.87. The number of hydrogen-bond donors (Lipinski definition) is 0. The lowest BCUT2D eigenvalue weighted by Gasteiger charge is -2.20. The highest BCUT2D eigenvalue weighted by molar-refractivity contribution is 6.08. The minimum absolute atomic E-state index is 0.0372. The monoisotopic (exact) mass is 312 g/mol. The summed E-state index contributed by atoms with van der Waals surface area (Å²) < 4.78 is 11.3. The Morgan fingerprint density at radius 1 is 1.30 bits per heavy atom. The molecule has 0 aliphatic heterocycles. The SMILES string of the molecule is CCCC(=O)c1c(OC2C=CCCC2)ccc2ccc(=O)oc12. The number of Topliss-reactive ketones (excluding diaryl/α,β-unsaturated/α-hetero) is 1. The molecular formula is C19H20O4. The molecule has 0 N–H and O–H groups in total. The Bertz CT molecular complexity index is 801. The molecule has 1 aromatic carbocycles. The van der Waals surface area contributed by atoms with Crippen LogP contribution in [0.15, 0.2) is 45.6 Å². The van der Waals surface area contributed by atoms with Crippen molar-refractivity contribution in [2.24, 2.45) is 0 Å². The van der Waals surface area contributed by atoms with E-state index in [-0.39, 0.29) is 11.9 Å². The Morgan fingerprint density at radius 3 is 2.87 bits per heavy atom. The van der Waals surface area contributed by atoms with Crippen molar-refractivity contribution in [3.63, 3.8) is 0 Å². The number of benzene rings is 1. The van der Waals surface area contributed by atoms with Crippen molar-refractivity contribution < 1.29 is 13.9 Å². The van der Waals surface area contributed by atoms with E-state index >= 15 is 0 Å². The van der Waals surface area contributed by atoms with Gasteiger partial charge in [0, 0.05) is 17.9 Å². The summed E-state index contributed by atoms with van der Waals surface area (Å²) in [6.07, 6.45) is 8.28. The third-order valence-corrected chi connectivity index (χ3v) is 4.00. The van der Waals surface area contributed by atoms with Crippen molar-refractivity contribution in [2.75, 3.05) is 0 Å². The second-order valence-corrected chi connectivity index (χ2v) is 5.80. The van der Waals surface area contributed by atoms with E-state index in [1.54, 1.807) is 12.1 Å². The number of carbonyl (C=O) groups excluding carboxylic acids is 1. The van der Waals surface area contributed by atoms with Crippen molar-refractivity contribution in [1.29, 1.82) is 0 Å². The molecule has 1 aliphatic carbocycles. The van der Waals surface area contributed by atoms with E-state index < -0.39 is 5.63 Å². The molecule has 1 unspecified atom stereocenters. The van der Waals surface area contributed by atoms with Crippen molar-refractivity contribution in [2.45, 2.75) is 45.1 Å². The highest BCUT2D eigenvalue weighted by Crippen LogP contribution is 2.31. The number of ketones is 1. The van der Waals surface area contributed by atoms with Crippen molar-refractivity contribution in [3.8, 4) is 5.75 Å². The van der Waals surface area contributed by atoms with Gasteiger partial charge in [-0.1, -0.05) is 13.0 Å². The molecule has 4 heteroatoms. The summed E-state index contributed by atoms with van der Waals surface area (Å²) in [7, 11) is 0. The molecule has 3 rings (SSSR count). The molecule has 0 radical (unpaired) electrons. The van der Waals surface area contributed by atoms with Gasteiger partial charge in [-0.05, 0) is 50.0 Å². The summed E-state index contributed by atoms with van der Waals surface area (Å²) >= 11 is 0. The average Bonchev–Trinajstić information content (AvgIpc) is 2.55. The maximum Gasteiger partial charge on any atom is 0.336 e. The highest BCUT2D eigenvalue weighted by Gasteiger charge is 2.21.